The minimum absolute atomic E-state index is 0.106. The van der Waals surface area contributed by atoms with Gasteiger partial charge in [0.15, 0.2) is 0 Å². The summed E-state index contributed by atoms with van der Waals surface area (Å²) < 4.78 is 32.2. The molecule has 1 aliphatic carbocycles. The van der Waals surface area contributed by atoms with Crippen molar-refractivity contribution < 1.29 is 17.9 Å². The zero-order valence-corrected chi connectivity index (χ0v) is 15.5. The van der Waals surface area contributed by atoms with Crippen molar-refractivity contribution in [3.8, 4) is 0 Å². The van der Waals surface area contributed by atoms with Gasteiger partial charge in [-0.25, -0.2) is 8.42 Å². The lowest BCUT2D eigenvalue weighted by molar-refractivity contribution is 0.0695. The summed E-state index contributed by atoms with van der Waals surface area (Å²) in [4.78, 5) is 14.8. The van der Waals surface area contributed by atoms with E-state index in [1.807, 2.05) is 7.05 Å². The maximum atomic E-state index is 12.8. The molecule has 1 saturated heterocycles. The fraction of sp³-hybridized carbons (Fsp3) is 0.611. The van der Waals surface area contributed by atoms with Crippen molar-refractivity contribution >= 4 is 15.9 Å². The van der Waals surface area contributed by atoms with Crippen molar-refractivity contribution in [3.05, 3.63) is 29.8 Å². The van der Waals surface area contributed by atoms with Crippen LogP contribution in [0.15, 0.2) is 29.2 Å². The molecular weight excluding hydrogens is 340 g/mol. The molecule has 0 radical (unpaired) electrons. The molecule has 1 amide bonds. The third-order valence-corrected chi connectivity index (χ3v) is 7.03. The van der Waals surface area contributed by atoms with Crippen molar-refractivity contribution in [2.75, 3.05) is 33.4 Å². The van der Waals surface area contributed by atoms with Crippen LogP contribution in [0.4, 0.5) is 0 Å². The monoisotopic (exact) mass is 366 g/mol. The van der Waals surface area contributed by atoms with Gasteiger partial charge in [-0.1, -0.05) is 25.3 Å². The number of rotatable bonds is 4. The molecule has 1 aromatic carbocycles. The van der Waals surface area contributed by atoms with Gasteiger partial charge in [0.2, 0.25) is 10.0 Å². The van der Waals surface area contributed by atoms with Crippen molar-refractivity contribution in [2.24, 2.45) is 0 Å². The molecule has 6 nitrogen and oxygen atoms in total. The topological polar surface area (TPSA) is 66.9 Å². The first kappa shape index (κ1) is 18.4. The lowest BCUT2D eigenvalue weighted by Crippen LogP contribution is -2.41. The van der Waals surface area contributed by atoms with E-state index in [1.165, 1.54) is 16.8 Å². The Morgan fingerprint density at radius 1 is 1.16 bits per heavy atom. The quantitative estimate of drug-likeness (QED) is 0.819. The van der Waals surface area contributed by atoms with Crippen LogP contribution >= 0.6 is 0 Å². The van der Waals surface area contributed by atoms with Gasteiger partial charge in [0.1, 0.15) is 0 Å². The summed E-state index contributed by atoms with van der Waals surface area (Å²) in [5.74, 6) is -0.106. The highest BCUT2D eigenvalue weighted by atomic mass is 32.2. The molecule has 0 spiro atoms. The van der Waals surface area contributed by atoms with E-state index in [2.05, 4.69) is 0 Å². The maximum Gasteiger partial charge on any atom is 0.253 e. The van der Waals surface area contributed by atoms with Gasteiger partial charge < -0.3 is 9.64 Å². The van der Waals surface area contributed by atoms with Gasteiger partial charge in [-0.15, -0.1) is 0 Å². The summed E-state index contributed by atoms with van der Waals surface area (Å²) in [6.07, 6.45) is 5.56. The van der Waals surface area contributed by atoms with Gasteiger partial charge in [-0.05, 0) is 31.0 Å². The third-order valence-electron chi connectivity index (χ3n) is 5.13. The molecule has 1 heterocycles. The molecule has 1 aliphatic heterocycles. The molecule has 138 valence electrons. The largest absolute Gasteiger partial charge is 0.379 e. The zero-order chi connectivity index (χ0) is 17.9. The highest BCUT2D eigenvalue weighted by molar-refractivity contribution is 7.89. The van der Waals surface area contributed by atoms with Crippen LogP contribution in [0.25, 0.3) is 0 Å². The predicted octanol–water partition coefficient (Wildman–Crippen LogP) is 2.11. The van der Waals surface area contributed by atoms with Crippen molar-refractivity contribution in [3.63, 3.8) is 0 Å². The second kappa shape index (κ2) is 7.85. The number of morpholine rings is 1. The highest BCUT2D eigenvalue weighted by Gasteiger charge is 2.28. The molecule has 7 heteroatoms. The highest BCUT2D eigenvalue weighted by Crippen LogP contribution is 2.24. The molecule has 25 heavy (non-hydrogen) atoms. The van der Waals surface area contributed by atoms with E-state index >= 15 is 0 Å². The van der Waals surface area contributed by atoms with Crippen LogP contribution in [-0.2, 0) is 14.8 Å². The third kappa shape index (κ3) is 4.04. The Labute approximate surface area is 149 Å². The number of amides is 1. The predicted molar refractivity (Wildman–Crippen MR) is 95.0 cm³/mol. The van der Waals surface area contributed by atoms with E-state index < -0.39 is 10.0 Å². The normalized spacial score (nSPS) is 20.4. The summed E-state index contributed by atoms with van der Waals surface area (Å²) in [5, 5.41) is 0. The molecular formula is C18H26N2O4S. The van der Waals surface area contributed by atoms with Crippen LogP contribution < -0.4 is 0 Å². The number of benzene rings is 1. The SMILES string of the molecule is CN(C(=O)c1cccc(S(=O)(=O)N2CCOCC2)c1)C1CCCCC1. The molecule has 0 aromatic heterocycles. The molecule has 1 aromatic rings. The first-order valence-electron chi connectivity index (χ1n) is 8.95. The van der Waals surface area contributed by atoms with Crippen molar-refractivity contribution in [2.45, 2.75) is 43.0 Å². The average Bonchev–Trinajstić information content (AvgIpc) is 2.68. The van der Waals surface area contributed by atoms with E-state index in [1.54, 1.807) is 23.1 Å². The molecule has 2 fully saturated rings. The van der Waals surface area contributed by atoms with E-state index in [4.69, 9.17) is 4.74 Å². The molecule has 0 atom stereocenters. The van der Waals surface area contributed by atoms with Gasteiger partial charge in [-0.2, -0.15) is 4.31 Å². The second-order valence-corrected chi connectivity index (χ2v) is 8.69. The maximum absolute atomic E-state index is 12.8. The van der Waals surface area contributed by atoms with Gasteiger partial charge in [0, 0.05) is 31.7 Å². The number of carbonyl (C=O) groups is 1. The number of nitrogens with zero attached hydrogens (tertiary/aromatic N) is 2. The fourth-order valence-electron chi connectivity index (χ4n) is 3.56. The molecule has 0 unspecified atom stereocenters. The average molecular weight is 366 g/mol. The van der Waals surface area contributed by atoms with Crippen LogP contribution in [0.5, 0.6) is 0 Å². The van der Waals surface area contributed by atoms with Crippen LogP contribution in [-0.4, -0.2) is 62.9 Å². The van der Waals surface area contributed by atoms with Crippen LogP contribution in [0.3, 0.4) is 0 Å². The minimum atomic E-state index is -3.59. The minimum Gasteiger partial charge on any atom is -0.379 e. The Morgan fingerprint density at radius 3 is 2.52 bits per heavy atom. The van der Waals surface area contributed by atoms with E-state index in [9.17, 15) is 13.2 Å². The second-order valence-electron chi connectivity index (χ2n) is 6.75. The van der Waals surface area contributed by atoms with E-state index in [0.29, 0.717) is 31.9 Å². The van der Waals surface area contributed by atoms with E-state index in [-0.39, 0.29) is 16.8 Å². The molecule has 0 N–H and O–H groups in total. The summed E-state index contributed by atoms with van der Waals surface area (Å²) in [6.45, 7) is 1.51. The molecule has 2 aliphatic rings. The summed E-state index contributed by atoms with van der Waals surface area (Å²) in [6, 6.07) is 6.66. The Kier molecular flexibility index (Phi) is 5.76. The molecule has 3 rings (SSSR count). The smallest absolute Gasteiger partial charge is 0.253 e. The van der Waals surface area contributed by atoms with Crippen molar-refractivity contribution in [1.29, 1.82) is 0 Å². The standard InChI is InChI=1S/C18H26N2O4S/c1-19(16-7-3-2-4-8-16)18(21)15-6-5-9-17(14-15)25(22,23)20-10-12-24-13-11-20/h5-6,9,14,16H,2-4,7-8,10-13H2,1H3. The van der Waals surface area contributed by atoms with E-state index in [0.717, 1.165) is 25.7 Å². The van der Waals surface area contributed by atoms with Gasteiger partial charge in [-0.3, -0.25) is 4.79 Å². The number of ether oxygens (including phenoxy) is 1. The van der Waals surface area contributed by atoms with Crippen LogP contribution in [0, 0.1) is 0 Å². The van der Waals surface area contributed by atoms with Crippen molar-refractivity contribution in [1.82, 2.24) is 9.21 Å². The lowest BCUT2D eigenvalue weighted by Gasteiger charge is -2.31. The van der Waals surface area contributed by atoms with Gasteiger partial charge >= 0.3 is 0 Å². The lowest BCUT2D eigenvalue weighted by atomic mass is 9.94. The van der Waals surface area contributed by atoms with Gasteiger partial charge in [0.25, 0.3) is 5.91 Å². The summed E-state index contributed by atoms with van der Waals surface area (Å²) in [5.41, 5.74) is 0.433. The number of hydrogen-bond donors (Lipinski definition) is 0. The Hall–Kier alpha value is -1.44. The first-order chi connectivity index (χ1) is 12.0. The van der Waals surface area contributed by atoms with Crippen LogP contribution in [0.2, 0.25) is 0 Å². The van der Waals surface area contributed by atoms with Crippen LogP contribution in [0.1, 0.15) is 42.5 Å². The first-order valence-corrected chi connectivity index (χ1v) is 10.4. The summed E-state index contributed by atoms with van der Waals surface area (Å²) >= 11 is 0. The zero-order valence-electron chi connectivity index (χ0n) is 14.7. The Morgan fingerprint density at radius 2 is 1.84 bits per heavy atom. The summed E-state index contributed by atoms with van der Waals surface area (Å²) in [7, 11) is -1.77. The number of carbonyl (C=O) groups excluding carboxylic acids is 1. The molecule has 1 saturated carbocycles. The Balaban J connectivity index is 1.79. The number of sulfonamides is 1. The van der Waals surface area contributed by atoms with Gasteiger partial charge in [0.05, 0.1) is 18.1 Å². The number of hydrogen-bond acceptors (Lipinski definition) is 4. The molecule has 0 bridgehead atoms. The Bertz CT molecular complexity index is 708. The fourth-order valence-corrected chi connectivity index (χ4v) is 5.02.